The maximum Gasteiger partial charge on any atom is 0.227 e. The summed E-state index contributed by atoms with van der Waals surface area (Å²) in [5, 5.41) is 3.08. The second kappa shape index (κ2) is 8.13. The number of hydrogen-bond acceptors (Lipinski definition) is 5. The first kappa shape index (κ1) is 19.7. The average molecular weight is 422 g/mol. The lowest BCUT2D eigenvalue weighted by Crippen LogP contribution is -2.34. The lowest BCUT2D eigenvalue weighted by atomic mass is 9.99. The fourth-order valence-corrected chi connectivity index (χ4v) is 4.40. The van der Waals surface area contributed by atoms with Crippen molar-refractivity contribution in [1.29, 1.82) is 0 Å². The predicted molar refractivity (Wildman–Crippen MR) is 115 cm³/mol. The number of carbonyl (C=O) groups is 2. The number of carbonyl (C=O) groups excluding carboxylic acids is 2. The van der Waals surface area contributed by atoms with E-state index in [1.165, 1.54) is 5.56 Å². The highest BCUT2D eigenvalue weighted by Crippen LogP contribution is 2.36. The van der Waals surface area contributed by atoms with Crippen molar-refractivity contribution in [1.82, 2.24) is 5.32 Å². The molecule has 2 aromatic carbocycles. The highest BCUT2D eigenvalue weighted by molar-refractivity contribution is 6.00. The summed E-state index contributed by atoms with van der Waals surface area (Å²) in [5.74, 6) is 1.70. The summed E-state index contributed by atoms with van der Waals surface area (Å²) < 4.78 is 16.8. The molecule has 0 radical (unpaired) electrons. The molecule has 1 N–H and O–H groups in total. The summed E-state index contributed by atoms with van der Waals surface area (Å²) in [4.78, 5) is 27.2. The molecule has 3 heterocycles. The van der Waals surface area contributed by atoms with Gasteiger partial charge in [0.05, 0.1) is 18.6 Å². The summed E-state index contributed by atoms with van der Waals surface area (Å²) in [5.41, 5.74) is 2.96. The highest BCUT2D eigenvalue weighted by atomic mass is 16.6. The second-order valence-electron chi connectivity index (χ2n) is 8.28. The Kier molecular flexibility index (Phi) is 5.18. The van der Waals surface area contributed by atoms with Gasteiger partial charge in [-0.15, -0.1) is 0 Å². The molecule has 162 valence electrons. The van der Waals surface area contributed by atoms with Crippen LogP contribution in [-0.4, -0.2) is 38.2 Å². The van der Waals surface area contributed by atoms with Gasteiger partial charge < -0.3 is 24.4 Å². The number of benzene rings is 2. The normalized spacial score (nSPS) is 20.6. The number of amides is 2. The largest absolute Gasteiger partial charge is 0.493 e. The van der Waals surface area contributed by atoms with Crippen molar-refractivity contribution in [3.05, 3.63) is 47.5 Å². The van der Waals surface area contributed by atoms with Crippen molar-refractivity contribution in [2.24, 2.45) is 5.92 Å². The fraction of sp³-hybridized carbons (Fsp3) is 0.417. The molecule has 0 spiro atoms. The first-order valence-electron chi connectivity index (χ1n) is 10.8. The standard InChI is InChI=1S/C24H26N2O5/c1-15(16-4-6-20-17(11-16)3-2-8-29-20)25-24(28)18-12-23(27)26(14-18)19-5-7-21-22(13-19)31-10-9-30-21/h4-7,11,13,15,18H,2-3,8-10,12,14H2,1H3,(H,25,28)/t15-,18-/m0/s1. The molecule has 2 aromatic rings. The molecule has 2 amide bonds. The first-order valence-corrected chi connectivity index (χ1v) is 10.8. The van der Waals surface area contributed by atoms with Gasteiger partial charge in [0.1, 0.15) is 19.0 Å². The topological polar surface area (TPSA) is 77.1 Å². The van der Waals surface area contributed by atoms with Gasteiger partial charge in [0, 0.05) is 24.7 Å². The second-order valence-corrected chi connectivity index (χ2v) is 8.28. The summed E-state index contributed by atoms with van der Waals surface area (Å²) in [6.45, 7) is 4.09. The van der Waals surface area contributed by atoms with Gasteiger partial charge in [0.2, 0.25) is 11.8 Å². The first-order chi connectivity index (χ1) is 15.1. The van der Waals surface area contributed by atoms with E-state index >= 15 is 0 Å². The third-order valence-electron chi connectivity index (χ3n) is 6.12. The van der Waals surface area contributed by atoms with E-state index in [1.54, 1.807) is 4.90 Å². The summed E-state index contributed by atoms with van der Waals surface area (Å²) >= 11 is 0. The van der Waals surface area contributed by atoms with Crippen LogP contribution in [0.2, 0.25) is 0 Å². The maximum atomic E-state index is 12.9. The van der Waals surface area contributed by atoms with Crippen molar-refractivity contribution in [3.63, 3.8) is 0 Å². The molecule has 1 saturated heterocycles. The Labute approximate surface area is 181 Å². The monoisotopic (exact) mass is 422 g/mol. The molecule has 0 aromatic heterocycles. The van der Waals surface area contributed by atoms with Crippen molar-refractivity contribution in [2.75, 3.05) is 31.3 Å². The minimum absolute atomic E-state index is 0.0598. The van der Waals surface area contributed by atoms with Gasteiger partial charge in [-0.2, -0.15) is 0 Å². The number of anilines is 1. The van der Waals surface area contributed by atoms with Crippen molar-refractivity contribution < 1.29 is 23.8 Å². The summed E-state index contributed by atoms with van der Waals surface area (Å²) in [6.07, 6.45) is 2.20. The third-order valence-corrected chi connectivity index (χ3v) is 6.12. The molecule has 0 unspecified atom stereocenters. The zero-order valence-electron chi connectivity index (χ0n) is 17.6. The number of fused-ring (bicyclic) bond motifs is 2. The van der Waals surface area contributed by atoms with Crippen LogP contribution in [-0.2, 0) is 16.0 Å². The molecule has 0 bridgehead atoms. The number of aryl methyl sites for hydroxylation is 1. The summed E-state index contributed by atoms with van der Waals surface area (Å²) in [6, 6.07) is 11.4. The molecule has 3 aliphatic heterocycles. The van der Waals surface area contributed by atoms with Crippen LogP contribution in [0.1, 0.15) is 36.9 Å². The van der Waals surface area contributed by atoms with Gasteiger partial charge in [-0.1, -0.05) is 12.1 Å². The molecule has 0 aliphatic carbocycles. The molecule has 7 heteroatoms. The smallest absolute Gasteiger partial charge is 0.227 e. The van der Waals surface area contributed by atoms with E-state index in [1.807, 2.05) is 37.3 Å². The third kappa shape index (κ3) is 3.92. The van der Waals surface area contributed by atoms with Crippen molar-refractivity contribution in [2.45, 2.75) is 32.2 Å². The van der Waals surface area contributed by atoms with Crippen molar-refractivity contribution in [3.8, 4) is 17.2 Å². The van der Waals surface area contributed by atoms with Crippen LogP contribution in [0, 0.1) is 5.92 Å². The van der Waals surface area contributed by atoms with Gasteiger partial charge in [-0.05, 0) is 49.1 Å². The number of hydrogen-bond donors (Lipinski definition) is 1. The number of nitrogens with one attached hydrogen (secondary N) is 1. The SMILES string of the molecule is C[C@H](NC(=O)[C@H]1CC(=O)N(c2ccc3c(c2)OCCO3)C1)c1ccc2c(c1)CCCO2. The number of rotatable bonds is 4. The Bertz CT molecular complexity index is 1020. The maximum absolute atomic E-state index is 12.9. The van der Waals surface area contributed by atoms with E-state index in [2.05, 4.69) is 11.4 Å². The minimum atomic E-state index is -0.385. The Morgan fingerprint density at radius 1 is 1.03 bits per heavy atom. The van der Waals surface area contributed by atoms with Crippen LogP contribution in [0.5, 0.6) is 17.2 Å². The van der Waals surface area contributed by atoms with E-state index in [0.717, 1.165) is 36.4 Å². The molecule has 1 fully saturated rings. The Hall–Kier alpha value is -3.22. The molecule has 0 saturated carbocycles. The fourth-order valence-electron chi connectivity index (χ4n) is 4.40. The molecular formula is C24H26N2O5. The molecule has 2 atom stereocenters. The lowest BCUT2D eigenvalue weighted by Gasteiger charge is -2.23. The van der Waals surface area contributed by atoms with Gasteiger partial charge in [-0.3, -0.25) is 9.59 Å². The quantitative estimate of drug-likeness (QED) is 0.820. The Balaban J connectivity index is 1.25. The average Bonchev–Trinajstić information content (AvgIpc) is 3.20. The Morgan fingerprint density at radius 3 is 2.68 bits per heavy atom. The number of nitrogens with zero attached hydrogens (tertiary/aromatic N) is 1. The Morgan fingerprint density at radius 2 is 1.81 bits per heavy atom. The molecule has 3 aliphatic rings. The molecular weight excluding hydrogens is 396 g/mol. The van der Waals surface area contributed by atoms with Crippen molar-refractivity contribution >= 4 is 17.5 Å². The van der Waals surface area contributed by atoms with Crippen LogP contribution in [0.15, 0.2) is 36.4 Å². The van der Waals surface area contributed by atoms with Gasteiger partial charge in [0.25, 0.3) is 0 Å². The van der Waals surface area contributed by atoms with E-state index < -0.39 is 0 Å². The predicted octanol–water partition coefficient (Wildman–Crippen LogP) is 3.01. The van der Waals surface area contributed by atoms with Gasteiger partial charge >= 0.3 is 0 Å². The minimum Gasteiger partial charge on any atom is -0.493 e. The van der Waals surface area contributed by atoms with Crippen LogP contribution in [0.3, 0.4) is 0 Å². The van der Waals surface area contributed by atoms with Crippen LogP contribution in [0.25, 0.3) is 0 Å². The van der Waals surface area contributed by atoms with Gasteiger partial charge in [0.15, 0.2) is 11.5 Å². The summed E-state index contributed by atoms with van der Waals surface area (Å²) in [7, 11) is 0. The van der Waals surface area contributed by atoms with E-state index in [4.69, 9.17) is 14.2 Å². The molecule has 7 nitrogen and oxygen atoms in total. The molecule has 5 rings (SSSR count). The van der Waals surface area contributed by atoms with E-state index in [0.29, 0.717) is 31.3 Å². The van der Waals surface area contributed by atoms with Crippen LogP contribution < -0.4 is 24.4 Å². The zero-order valence-corrected chi connectivity index (χ0v) is 17.6. The molecule has 31 heavy (non-hydrogen) atoms. The van der Waals surface area contributed by atoms with E-state index in [-0.39, 0.29) is 30.2 Å². The van der Waals surface area contributed by atoms with Crippen LogP contribution >= 0.6 is 0 Å². The highest BCUT2D eigenvalue weighted by Gasteiger charge is 2.36. The number of ether oxygens (including phenoxy) is 3. The van der Waals surface area contributed by atoms with E-state index in [9.17, 15) is 9.59 Å². The zero-order chi connectivity index (χ0) is 21.4. The lowest BCUT2D eigenvalue weighted by molar-refractivity contribution is -0.126. The van der Waals surface area contributed by atoms with Crippen LogP contribution in [0.4, 0.5) is 5.69 Å². The van der Waals surface area contributed by atoms with Gasteiger partial charge in [-0.25, -0.2) is 0 Å².